The van der Waals surface area contributed by atoms with E-state index in [0.717, 1.165) is 55.4 Å². The van der Waals surface area contributed by atoms with Crippen LogP contribution in [0.1, 0.15) is 0 Å². The lowest BCUT2D eigenvalue weighted by Crippen LogP contribution is -2.00. The lowest BCUT2D eigenvalue weighted by molar-refractivity contribution is 1.07. The van der Waals surface area contributed by atoms with Gasteiger partial charge in [-0.25, -0.2) is 4.98 Å². The van der Waals surface area contributed by atoms with E-state index in [9.17, 15) is 0 Å². The largest absolute Gasteiger partial charge is 0.305 e. The third-order valence-electron chi connectivity index (χ3n) is 6.05. The fraction of sp³-hybridized carbons (Fsp3) is 0. The Kier molecular flexibility index (Phi) is 3.49. The number of hydrogen-bond acceptors (Lipinski definition) is 3. The van der Waals surface area contributed by atoms with Gasteiger partial charge in [-0.15, -0.1) is 0 Å². The summed E-state index contributed by atoms with van der Waals surface area (Å²) >= 11 is 0. The van der Waals surface area contributed by atoms with E-state index in [1.165, 1.54) is 0 Å². The summed E-state index contributed by atoms with van der Waals surface area (Å²) in [5, 5.41) is 2.13. The van der Waals surface area contributed by atoms with E-state index in [2.05, 4.69) is 63.7 Å². The fourth-order valence-electron chi connectivity index (χ4n) is 4.76. The summed E-state index contributed by atoms with van der Waals surface area (Å²) in [5.74, 6) is 0.867. The first kappa shape index (κ1) is 17.2. The number of nitrogens with zero attached hydrogens (tertiary/aromatic N) is 5. The zero-order valence-corrected chi connectivity index (χ0v) is 17.1. The van der Waals surface area contributed by atoms with Crippen molar-refractivity contribution in [3.8, 4) is 11.5 Å². The Balaban J connectivity index is 1.81. The summed E-state index contributed by atoms with van der Waals surface area (Å²) in [6.45, 7) is 0. The van der Waals surface area contributed by atoms with Crippen LogP contribution in [0.15, 0.2) is 104 Å². The molecule has 0 aliphatic carbocycles. The van der Waals surface area contributed by atoms with Gasteiger partial charge in [-0.3, -0.25) is 14.5 Å². The molecule has 150 valence electrons. The molecule has 5 nitrogen and oxygen atoms in total. The lowest BCUT2D eigenvalue weighted by Gasteiger charge is -2.11. The highest BCUT2D eigenvalue weighted by Gasteiger charge is 2.22. The molecule has 5 aromatic heterocycles. The highest BCUT2D eigenvalue weighted by Crippen LogP contribution is 2.39. The van der Waals surface area contributed by atoms with E-state index in [-0.39, 0.29) is 0 Å². The normalized spacial score (nSPS) is 11.8. The smallest absolute Gasteiger partial charge is 0.137 e. The van der Waals surface area contributed by atoms with Crippen LogP contribution in [0, 0.1) is 0 Å². The Labute approximate surface area is 183 Å². The zero-order valence-electron chi connectivity index (χ0n) is 17.1. The molecule has 0 unspecified atom stereocenters. The van der Waals surface area contributed by atoms with Gasteiger partial charge in [0, 0.05) is 35.1 Å². The van der Waals surface area contributed by atoms with E-state index in [0.29, 0.717) is 0 Å². The van der Waals surface area contributed by atoms with Gasteiger partial charge in [-0.1, -0.05) is 42.5 Å². The summed E-state index contributed by atoms with van der Waals surface area (Å²) in [6, 6.07) is 28.9. The molecule has 0 amide bonds. The van der Waals surface area contributed by atoms with Crippen molar-refractivity contribution in [3.63, 3.8) is 0 Å². The summed E-state index contributed by atoms with van der Waals surface area (Å²) in [7, 11) is 0. The van der Waals surface area contributed by atoms with E-state index >= 15 is 0 Å². The van der Waals surface area contributed by atoms with Crippen LogP contribution >= 0.6 is 0 Å². The van der Waals surface area contributed by atoms with Crippen molar-refractivity contribution in [2.24, 2.45) is 0 Å². The van der Waals surface area contributed by atoms with Gasteiger partial charge in [-0.05, 0) is 42.5 Å². The molecule has 5 heteroatoms. The highest BCUT2D eigenvalue weighted by molar-refractivity contribution is 6.21. The maximum Gasteiger partial charge on any atom is 0.137 e. The highest BCUT2D eigenvalue weighted by atomic mass is 15.1. The summed E-state index contributed by atoms with van der Waals surface area (Å²) in [5.41, 5.74) is 7.24. The molecule has 0 saturated carbocycles. The van der Waals surface area contributed by atoms with Crippen molar-refractivity contribution >= 4 is 43.9 Å². The van der Waals surface area contributed by atoms with E-state index < -0.39 is 0 Å². The minimum Gasteiger partial charge on any atom is -0.305 e. The van der Waals surface area contributed by atoms with Crippen molar-refractivity contribution in [2.75, 3.05) is 0 Å². The molecule has 0 saturated heterocycles. The average Bonchev–Trinajstić information content (AvgIpc) is 3.38. The predicted octanol–water partition coefficient (Wildman–Crippen LogP) is 6.07. The van der Waals surface area contributed by atoms with Gasteiger partial charge in [0.15, 0.2) is 0 Å². The Bertz CT molecular complexity index is 1630. The van der Waals surface area contributed by atoms with Crippen LogP contribution in [0.25, 0.3) is 55.4 Å². The summed E-state index contributed by atoms with van der Waals surface area (Å²) in [6.07, 6.45) is 5.63. The molecular formula is C27H17N5. The first-order valence-corrected chi connectivity index (χ1v) is 10.6. The van der Waals surface area contributed by atoms with Crippen LogP contribution in [0.4, 0.5) is 0 Å². The molecule has 32 heavy (non-hydrogen) atoms. The van der Waals surface area contributed by atoms with Crippen molar-refractivity contribution in [3.05, 3.63) is 104 Å². The molecule has 0 fully saturated rings. The Hall–Kier alpha value is -4.51. The summed E-state index contributed by atoms with van der Waals surface area (Å²) in [4.78, 5) is 14.4. The summed E-state index contributed by atoms with van der Waals surface area (Å²) < 4.78 is 4.51. The van der Waals surface area contributed by atoms with Gasteiger partial charge >= 0.3 is 0 Å². The third kappa shape index (κ3) is 2.25. The van der Waals surface area contributed by atoms with Gasteiger partial charge < -0.3 is 4.57 Å². The molecular weight excluding hydrogens is 394 g/mol. The number of pyridine rings is 3. The van der Waals surface area contributed by atoms with Crippen molar-refractivity contribution < 1.29 is 0 Å². The second-order valence-electron chi connectivity index (χ2n) is 7.80. The molecule has 0 N–H and O–H groups in total. The van der Waals surface area contributed by atoms with Crippen LogP contribution in [0.5, 0.6) is 0 Å². The molecule has 0 spiro atoms. The number of fused-ring (bicyclic) bond motifs is 7. The van der Waals surface area contributed by atoms with Crippen molar-refractivity contribution in [1.29, 1.82) is 0 Å². The monoisotopic (exact) mass is 411 g/mol. The quantitative estimate of drug-likeness (QED) is 0.347. The second-order valence-corrected chi connectivity index (χ2v) is 7.80. The predicted molar refractivity (Wildman–Crippen MR) is 129 cm³/mol. The van der Waals surface area contributed by atoms with E-state index in [4.69, 9.17) is 15.0 Å². The van der Waals surface area contributed by atoms with E-state index in [1.54, 1.807) is 0 Å². The number of hydrogen-bond donors (Lipinski definition) is 0. The molecule has 7 aromatic rings. The van der Waals surface area contributed by atoms with Crippen LogP contribution in [-0.4, -0.2) is 24.1 Å². The Morgan fingerprint density at radius 1 is 0.500 bits per heavy atom. The molecule has 0 bridgehead atoms. The van der Waals surface area contributed by atoms with Crippen molar-refractivity contribution in [2.45, 2.75) is 0 Å². The molecule has 7 rings (SSSR count). The van der Waals surface area contributed by atoms with Crippen molar-refractivity contribution in [1.82, 2.24) is 24.1 Å². The maximum absolute atomic E-state index is 4.94. The number of para-hydroxylation sites is 2. The fourth-order valence-corrected chi connectivity index (χ4v) is 4.76. The number of benzene rings is 2. The standard InChI is InChI=1S/C27H17N5/c1-2-9-18(10-3-1)31-22-13-8-16-29-24(22)20-17-30-25-19-11-4-5-12-21(19)32(27(25)26(20)31)23-14-6-7-15-28-23/h1-17H. The third-order valence-corrected chi connectivity index (χ3v) is 6.05. The van der Waals surface area contributed by atoms with Gasteiger partial charge in [0.25, 0.3) is 0 Å². The maximum atomic E-state index is 4.94. The van der Waals surface area contributed by atoms with Gasteiger partial charge in [-0.2, -0.15) is 0 Å². The van der Waals surface area contributed by atoms with Gasteiger partial charge in [0.1, 0.15) is 5.82 Å². The lowest BCUT2D eigenvalue weighted by atomic mass is 10.2. The average molecular weight is 411 g/mol. The minimum atomic E-state index is 0.867. The van der Waals surface area contributed by atoms with E-state index in [1.807, 2.05) is 48.9 Å². The first-order valence-electron chi connectivity index (χ1n) is 10.6. The molecule has 5 heterocycles. The van der Waals surface area contributed by atoms with Gasteiger partial charge in [0.2, 0.25) is 0 Å². The van der Waals surface area contributed by atoms with Gasteiger partial charge in [0.05, 0.1) is 33.1 Å². The molecule has 0 radical (unpaired) electrons. The molecule has 2 aromatic carbocycles. The topological polar surface area (TPSA) is 48.5 Å². The second kappa shape index (κ2) is 6.49. The molecule has 0 aliphatic rings. The zero-order chi connectivity index (χ0) is 21.1. The minimum absolute atomic E-state index is 0.867. The van der Waals surface area contributed by atoms with Crippen LogP contribution < -0.4 is 0 Å². The molecule has 0 aliphatic heterocycles. The molecule has 0 atom stereocenters. The Morgan fingerprint density at radius 3 is 2.16 bits per heavy atom. The first-order chi connectivity index (χ1) is 15.9. The van der Waals surface area contributed by atoms with Crippen LogP contribution in [-0.2, 0) is 0 Å². The van der Waals surface area contributed by atoms with Crippen LogP contribution in [0.3, 0.4) is 0 Å². The Morgan fingerprint density at radius 2 is 1.28 bits per heavy atom. The number of rotatable bonds is 2. The SMILES string of the molecule is c1ccc(-n2c3cccnc3c3cnc4c5ccccc5n(-c5ccccn5)c4c32)cc1. The van der Waals surface area contributed by atoms with Crippen LogP contribution in [0.2, 0.25) is 0 Å². The number of aromatic nitrogens is 5.